The highest BCUT2D eigenvalue weighted by Crippen LogP contribution is 2.25. The zero-order valence-corrected chi connectivity index (χ0v) is 16.0. The highest BCUT2D eigenvalue weighted by molar-refractivity contribution is 6.31. The molecule has 4 aromatic rings. The van der Waals surface area contributed by atoms with Gasteiger partial charge in [0.2, 0.25) is 0 Å². The second kappa shape index (κ2) is 6.84. The number of hydrogen-bond acceptors (Lipinski definition) is 2. The number of benzene rings is 2. The van der Waals surface area contributed by atoms with Gasteiger partial charge in [-0.3, -0.25) is 4.79 Å². The summed E-state index contributed by atoms with van der Waals surface area (Å²) in [4.78, 5) is 20.6. The predicted molar refractivity (Wildman–Crippen MR) is 112 cm³/mol. The Bertz CT molecular complexity index is 1170. The first kappa shape index (κ1) is 17.1. The fraction of sp³-hybridized carbons (Fsp3) is 0.182. The molecule has 0 unspecified atom stereocenters. The summed E-state index contributed by atoms with van der Waals surface area (Å²) in [5.74, 6) is 0.959. The SMILES string of the molecule is O=C(Nc1cccc(-c2cn3c(n2)CCCC3)c1)c1cc2cc(Cl)ccc2[nH]1. The lowest BCUT2D eigenvalue weighted by molar-refractivity contribution is 0.102. The molecule has 140 valence electrons. The van der Waals surface area contributed by atoms with Crippen LogP contribution in [0.25, 0.3) is 22.2 Å². The minimum absolute atomic E-state index is 0.186. The smallest absolute Gasteiger partial charge is 0.272 e. The zero-order valence-electron chi connectivity index (χ0n) is 15.2. The Morgan fingerprint density at radius 1 is 1.14 bits per heavy atom. The molecule has 0 spiro atoms. The average molecular weight is 391 g/mol. The number of nitrogens with zero attached hydrogens (tertiary/aromatic N) is 2. The van der Waals surface area contributed by atoms with Gasteiger partial charge < -0.3 is 14.9 Å². The molecular weight excluding hydrogens is 372 g/mol. The van der Waals surface area contributed by atoms with E-state index in [-0.39, 0.29) is 5.91 Å². The van der Waals surface area contributed by atoms with Gasteiger partial charge in [0.1, 0.15) is 11.5 Å². The molecule has 3 heterocycles. The molecule has 5 nitrogen and oxygen atoms in total. The van der Waals surface area contributed by atoms with Gasteiger partial charge in [-0.15, -0.1) is 0 Å². The van der Waals surface area contributed by atoms with Gasteiger partial charge in [0.25, 0.3) is 5.91 Å². The number of carbonyl (C=O) groups excluding carboxylic acids is 1. The third kappa shape index (κ3) is 3.18. The number of hydrogen-bond donors (Lipinski definition) is 2. The van der Waals surface area contributed by atoms with Crippen molar-refractivity contribution >= 4 is 34.1 Å². The summed E-state index contributed by atoms with van der Waals surface area (Å²) in [6.45, 7) is 1.03. The number of rotatable bonds is 3. The van der Waals surface area contributed by atoms with Crippen LogP contribution in [0.15, 0.2) is 54.7 Å². The van der Waals surface area contributed by atoms with Crippen LogP contribution >= 0.6 is 11.6 Å². The second-order valence-corrected chi connectivity index (χ2v) is 7.58. The lowest BCUT2D eigenvalue weighted by atomic mass is 10.1. The summed E-state index contributed by atoms with van der Waals surface area (Å²) in [7, 11) is 0. The Labute approximate surface area is 167 Å². The van der Waals surface area contributed by atoms with Crippen LogP contribution in [0.3, 0.4) is 0 Å². The van der Waals surface area contributed by atoms with Crippen molar-refractivity contribution in [3.8, 4) is 11.3 Å². The van der Waals surface area contributed by atoms with Crippen molar-refractivity contribution in [1.29, 1.82) is 0 Å². The zero-order chi connectivity index (χ0) is 19.1. The molecule has 1 amide bonds. The molecule has 2 N–H and O–H groups in total. The largest absolute Gasteiger partial charge is 0.351 e. The molecule has 1 aliphatic heterocycles. The molecule has 2 aromatic carbocycles. The fourth-order valence-corrected chi connectivity index (χ4v) is 3.91. The van der Waals surface area contributed by atoms with Crippen molar-refractivity contribution in [3.05, 3.63) is 71.3 Å². The molecule has 0 fully saturated rings. The maximum absolute atomic E-state index is 12.7. The van der Waals surface area contributed by atoms with E-state index in [9.17, 15) is 4.79 Å². The van der Waals surface area contributed by atoms with Crippen molar-refractivity contribution in [2.24, 2.45) is 0 Å². The Morgan fingerprint density at radius 3 is 2.96 bits per heavy atom. The maximum Gasteiger partial charge on any atom is 0.272 e. The summed E-state index contributed by atoms with van der Waals surface area (Å²) in [6, 6.07) is 15.1. The van der Waals surface area contributed by atoms with Crippen molar-refractivity contribution in [2.45, 2.75) is 25.8 Å². The van der Waals surface area contributed by atoms with E-state index in [0.29, 0.717) is 10.7 Å². The van der Waals surface area contributed by atoms with Crippen molar-refractivity contribution in [2.75, 3.05) is 5.32 Å². The van der Waals surface area contributed by atoms with Crippen molar-refractivity contribution in [3.63, 3.8) is 0 Å². The molecule has 2 aromatic heterocycles. The molecule has 6 heteroatoms. The minimum atomic E-state index is -0.186. The highest BCUT2D eigenvalue weighted by atomic mass is 35.5. The van der Waals surface area contributed by atoms with Crippen molar-refractivity contribution < 1.29 is 4.79 Å². The van der Waals surface area contributed by atoms with E-state index in [1.807, 2.05) is 42.5 Å². The van der Waals surface area contributed by atoms with Gasteiger partial charge in [0.05, 0.1) is 5.69 Å². The number of amides is 1. The Hall–Kier alpha value is -3.05. The molecule has 0 saturated heterocycles. The van der Waals surface area contributed by atoms with Gasteiger partial charge in [-0.25, -0.2) is 4.98 Å². The van der Waals surface area contributed by atoms with Gasteiger partial charge in [0.15, 0.2) is 0 Å². The van der Waals surface area contributed by atoms with E-state index in [1.165, 1.54) is 12.8 Å². The molecule has 0 atom stereocenters. The van der Waals surface area contributed by atoms with Crippen LogP contribution in [0.1, 0.15) is 29.2 Å². The van der Waals surface area contributed by atoms with Gasteiger partial charge in [-0.05, 0) is 49.2 Å². The molecule has 5 rings (SSSR count). The first-order valence-electron chi connectivity index (χ1n) is 9.42. The van der Waals surface area contributed by atoms with E-state index in [4.69, 9.17) is 16.6 Å². The molecule has 0 saturated carbocycles. The van der Waals surface area contributed by atoms with E-state index >= 15 is 0 Å². The van der Waals surface area contributed by atoms with Crippen molar-refractivity contribution in [1.82, 2.24) is 14.5 Å². The highest BCUT2D eigenvalue weighted by Gasteiger charge is 2.14. The number of fused-ring (bicyclic) bond motifs is 2. The molecule has 0 aliphatic carbocycles. The third-order valence-electron chi connectivity index (χ3n) is 5.15. The lowest BCUT2D eigenvalue weighted by Crippen LogP contribution is -2.12. The number of aromatic nitrogens is 3. The predicted octanol–water partition coefficient (Wildman–Crippen LogP) is 5.27. The van der Waals surface area contributed by atoms with E-state index < -0.39 is 0 Å². The summed E-state index contributed by atoms with van der Waals surface area (Å²) >= 11 is 6.03. The first-order chi connectivity index (χ1) is 13.7. The number of anilines is 1. The molecule has 0 radical (unpaired) electrons. The summed E-state index contributed by atoms with van der Waals surface area (Å²) in [5.41, 5.74) is 4.08. The quantitative estimate of drug-likeness (QED) is 0.500. The van der Waals surface area contributed by atoms with Gasteiger partial charge in [0, 0.05) is 46.3 Å². The Morgan fingerprint density at radius 2 is 2.07 bits per heavy atom. The Balaban J connectivity index is 1.39. The molecule has 28 heavy (non-hydrogen) atoms. The third-order valence-corrected chi connectivity index (χ3v) is 5.39. The van der Waals surface area contributed by atoms with Gasteiger partial charge >= 0.3 is 0 Å². The standard InChI is InChI=1S/C22H19ClN4O/c23-16-7-8-18-15(10-16)12-19(25-18)22(28)24-17-5-3-4-14(11-17)20-13-27-9-2-1-6-21(27)26-20/h3-5,7-8,10-13,25H,1-2,6,9H2,(H,24,28). The summed E-state index contributed by atoms with van der Waals surface area (Å²) in [6.07, 6.45) is 5.54. The fourth-order valence-electron chi connectivity index (χ4n) is 3.73. The van der Waals surface area contributed by atoms with Crippen LogP contribution in [-0.4, -0.2) is 20.4 Å². The number of H-pyrrole nitrogens is 1. The monoisotopic (exact) mass is 390 g/mol. The number of aryl methyl sites for hydroxylation is 2. The topological polar surface area (TPSA) is 62.7 Å². The number of halogens is 1. The maximum atomic E-state index is 12.7. The number of carbonyl (C=O) groups is 1. The second-order valence-electron chi connectivity index (χ2n) is 7.14. The molecule has 1 aliphatic rings. The van der Waals surface area contributed by atoms with Crippen LogP contribution in [-0.2, 0) is 13.0 Å². The number of nitrogens with one attached hydrogen (secondary N) is 2. The van der Waals surface area contributed by atoms with Gasteiger partial charge in [-0.1, -0.05) is 23.7 Å². The van der Waals surface area contributed by atoms with E-state index in [0.717, 1.165) is 46.6 Å². The van der Waals surface area contributed by atoms with Crippen LogP contribution in [0.5, 0.6) is 0 Å². The number of aromatic amines is 1. The first-order valence-corrected chi connectivity index (χ1v) is 9.80. The van der Waals surface area contributed by atoms with E-state index in [1.54, 1.807) is 6.07 Å². The van der Waals surface area contributed by atoms with Crippen LogP contribution in [0.4, 0.5) is 5.69 Å². The average Bonchev–Trinajstić information content (AvgIpc) is 3.32. The van der Waals surface area contributed by atoms with E-state index in [2.05, 4.69) is 21.1 Å². The number of imidazole rings is 1. The van der Waals surface area contributed by atoms with Crippen LogP contribution in [0.2, 0.25) is 5.02 Å². The minimum Gasteiger partial charge on any atom is -0.351 e. The Kier molecular flexibility index (Phi) is 4.17. The lowest BCUT2D eigenvalue weighted by Gasteiger charge is -2.11. The molecule has 0 bridgehead atoms. The summed E-state index contributed by atoms with van der Waals surface area (Å²) < 4.78 is 2.24. The normalized spacial score (nSPS) is 13.5. The van der Waals surface area contributed by atoms with Crippen LogP contribution < -0.4 is 5.32 Å². The summed E-state index contributed by atoms with van der Waals surface area (Å²) in [5, 5.41) is 4.53. The van der Waals surface area contributed by atoms with Crippen LogP contribution in [0, 0.1) is 0 Å². The molecular formula is C22H19ClN4O. The van der Waals surface area contributed by atoms with Gasteiger partial charge in [-0.2, -0.15) is 0 Å².